The quantitative estimate of drug-likeness (QED) is 0.860. The van der Waals surface area contributed by atoms with Gasteiger partial charge in [-0.1, -0.05) is 25.0 Å². The zero-order chi connectivity index (χ0) is 18.1. The van der Waals surface area contributed by atoms with Gasteiger partial charge in [0.1, 0.15) is 11.6 Å². The fraction of sp³-hybridized carbons (Fsp3) is 0.474. The van der Waals surface area contributed by atoms with E-state index in [0.717, 1.165) is 37.0 Å². The number of anilines is 1. The van der Waals surface area contributed by atoms with E-state index in [4.69, 9.17) is 4.74 Å². The number of aromatic nitrogens is 2. The van der Waals surface area contributed by atoms with Crippen LogP contribution in [-0.4, -0.2) is 28.0 Å². The van der Waals surface area contributed by atoms with E-state index >= 15 is 0 Å². The van der Waals surface area contributed by atoms with Crippen LogP contribution in [-0.2, 0) is 4.79 Å². The Hall–Kier alpha value is -2.15. The van der Waals surface area contributed by atoms with Crippen LogP contribution in [0.5, 0.6) is 5.75 Å². The van der Waals surface area contributed by atoms with Crippen molar-refractivity contribution in [3.05, 3.63) is 45.7 Å². The van der Waals surface area contributed by atoms with Gasteiger partial charge in [-0.15, -0.1) is 11.8 Å². The fourth-order valence-electron chi connectivity index (χ4n) is 3.85. The Kier molecular flexibility index (Phi) is 4.80. The molecule has 26 heavy (non-hydrogen) atoms. The summed E-state index contributed by atoms with van der Waals surface area (Å²) in [6.07, 6.45) is 4.39. The van der Waals surface area contributed by atoms with Crippen molar-refractivity contribution in [2.24, 2.45) is 0 Å². The van der Waals surface area contributed by atoms with Gasteiger partial charge in [0, 0.05) is 0 Å². The number of benzene rings is 1. The van der Waals surface area contributed by atoms with Crippen molar-refractivity contribution < 1.29 is 9.53 Å². The lowest BCUT2D eigenvalue weighted by Crippen LogP contribution is -2.18. The molecule has 7 heteroatoms. The van der Waals surface area contributed by atoms with Crippen LogP contribution in [0.3, 0.4) is 0 Å². The second-order valence-electron chi connectivity index (χ2n) is 6.75. The van der Waals surface area contributed by atoms with Crippen LogP contribution < -0.4 is 15.6 Å². The van der Waals surface area contributed by atoms with Crippen LogP contribution >= 0.6 is 11.8 Å². The average molecular weight is 373 g/mol. The summed E-state index contributed by atoms with van der Waals surface area (Å²) >= 11 is 1.49. The number of ether oxygens (including phenoxy) is 1. The Balaban J connectivity index is 1.76. The van der Waals surface area contributed by atoms with Gasteiger partial charge in [-0.05, 0) is 37.5 Å². The molecule has 0 radical (unpaired) electrons. The Bertz CT molecular complexity index is 850. The minimum Gasteiger partial charge on any atom is -0.494 e. The molecular formula is C19H23N3O3S. The molecule has 1 aromatic heterocycles. The minimum absolute atomic E-state index is 0.0598. The number of carbonyl (C=O) groups excluding carboxylic acids is 1. The summed E-state index contributed by atoms with van der Waals surface area (Å²) in [6, 6.07) is 8.06. The molecule has 1 fully saturated rings. The highest BCUT2D eigenvalue weighted by atomic mass is 32.2. The molecule has 1 aliphatic heterocycles. The van der Waals surface area contributed by atoms with Gasteiger partial charge in [-0.2, -0.15) is 0 Å². The van der Waals surface area contributed by atoms with Crippen molar-refractivity contribution in [2.45, 2.75) is 43.9 Å². The Morgan fingerprint density at radius 1 is 1.19 bits per heavy atom. The summed E-state index contributed by atoms with van der Waals surface area (Å²) in [6.45, 7) is 2.56. The predicted molar refractivity (Wildman–Crippen MR) is 103 cm³/mol. The van der Waals surface area contributed by atoms with Crippen LogP contribution in [0.25, 0.3) is 0 Å². The van der Waals surface area contributed by atoms with Crippen LogP contribution in [0.1, 0.15) is 55.0 Å². The first kappa shape index (κ1) is 17.3. The summed E-state index contributed by atoms with van der Waals surface area (Å²) in [4.78, 5) is 25.0. The molecule has 1 aliphatic carbocycles. The molecule has 1 atom stereocenters. The first-order valence-electron chi connectivity index (χ1n) is 9.16. The van der Waals surface area contributed by atoms with Gasteiger partial charge < -0.3 is 10.1 Å². The van der Waals surface area contributed by atoms with E-state index in [9.17, 15) is 9.59 Å². The molecule has 4 rings (SSSR count). The minimum atomic E-state index is -0.175. The normalized spacial score (nSPS) is 20.5. The summed E-state index contributed by atoms with van der Waals surface area (Å²) in [5.74, 6) is 1.73. The lowest BCUT2D eigenvalue weighted by Gasteiger charge is -2.17. The topological polar surface area (TPSA) is 76.1 Å². The molecule has 6 nitrogen and oxygen atoms in total. The van der Waals surface area contributed by atoms with Crippen molar-refractivity contribution >= 4 is 23.5 Å². The second kappa shape index (κ2) is 7.23. The number of amides is 1. The third-order valence-electron chi connectivity index (χ3n) is 5.05. The molecule has 2 N–H and O–H groups in total. The number of fused-ring (bicyclic) bond motifs is 1. The van der Waals surface area contributed by atoms with Crippen molar-refractivity contribution in [1.29, 1.82) is 0 Å². The third-order valence-corrected chi connectivity index (χ3v) is 6.32. The van der Waals surface area contributed by atoms with Gasteiger partial charge in [0.2, 0.25) is 5.91 Å². The van der Waals surface area contributed by atoms with E-state index in [-0.39, 0.29) is 22.8 Å². The first-order chi connectivity index (χ1) is 12.7. The van der Waals surface area contributed by atoms with Gasteiger partial charge in [0.05, 0.1) is 29.2 Å². The van der Waals surface area contributed by atoms with Crippen molar-refractivity contribution in [2.75, 3.05) is 17.7 Å². The van der Waals surface area contributed by atoms with Gasteiger partial charge in [0.15, 0.2) is 0 Å². The molecule has 2 aromatic rings. The maximum atomic E-state index is 12.8. The Morgan fingerprint density at radius 3 is 2.62 bits per heavy atom. The molecule has 2 heterocycles. The molecule has 1 saturated carbocycles. The Morgan fingerprint density at radius 2 is 1.92 bits per heavy atom. The SMILES string of the molecule is CCOc1ccc(C2SCC(=O)Nc3c2c(=O)[nH]n3C2CCCC2)cc1. The van der Waals surface area contributed by atoms with Crippen LogP contribution in [0.4, 0.5) is 5.82 Å². The highest BCUT2D eigenvalue weighted by molar-refractivity contribution is 8.00. The number of H-pyrrole nitrogens is 1. The zero-order valence-electron chi connectivity index (χ0n) is 14.8. The number of hydrogen-bond donors (Lipinski definition) is 2. The molecule has 0 spiro atoms. The van der Waals surface area contributed by atoms with Gasteiger partial charge in [-0.25, -0.2) is 0 Å². The summed E-state index contributed by atoms with van der Waals surface area (Å²) in [5.41, 5.74) is 1.54. The van der Waals surface area contributed by atoms with Crippen LogP contribution in [0.2, 0.25) is 0 Å². The molecule has 1 amide bonds. The van der Waals surface area contributed by atoms with E-state index < -0.39 is 0 Å². The zero-order valence-corrected chi connectivity index (χ0v) is 15.6. The van der Waals surface area contributed by atoms with Gasteiger partial charge in [-0.3, -0.25) is 19.4 Å². The molecule has 0 bridgehead atoms. The fourth-order valence-corrected chi connectivity index (χ4v) is 4.97. The lowest BCUT2D eigenvalue weighted by molar-refractivity contribution is -0.113. The van der Waals surface area contributed by atoms with E-state index in [1.165, 1.54) is 11.8 Å². The van der Waals surface area contributed by atoms with Crippen LogP contribution in [0.15, 0.2) is 29.1 Å². The van der Waals surface area contributed by atoms with E-state index in [2.05, 4.69) is 10.4 Å². The predicted octanol–water partition coefficient (Wildman–Crippen LogP) is 3.46. The number of aromatic amines is 1. The number of thioether (sulfide) groups is 1. The number of rotatable bonds is 4. The van der Waals surface area contributed by atoms with Gasteiger partial charge >= 0.3 is 0 Å². The highest BCUT2D eigenvalue weighted by Gasteiger charge is 2.32. The largest absolute Gasteiger partial charge is 0.494 e. The molecule has 1 aromatic carbocycles. The van der Waals surface area contributed by atoms with E-state index in [1.807, 2.05) is 35.9 Å². The van der Waals surface area contributed by atoms with E-state index in [0.29, 0.717) is 23.7 Å². The number of nitrogens with zero attached hydrogens (tertiary/aromatic N) is 1. The highest BCUT2D eigenvalue weighted by Crippen LogP contribution is 2.42. The number of hydrogen-bond acceptors (Lipinski definition) is 4. The molecule has 2 aliphatic rings. The summed E-state index contributed by atoms with van der Waals surface area (Å²) in [5, 5.41) is 5.78. The second-order valence-corrected chi connectivity index (χ2v) is 7.85. The van der Waals surface area contributed by atoms with Crippen molar-refractivity contribution in [3.63, 3.8) is 0 Å². The third kappa shape index (κ3) is 3.16. The summed E-state index contributed by atoms with van der Waals surface area (Å²) in [7, 11) is 0. The average Bonchev–Trinajstić information content (AvgIpc) is 3.22. The van der Waals surface area contributed by atoms with Crippen molar-refractivity contribution in [1.82, 2.24) is 9.78 Å². The van der Waals surface area contributed by atoms with E-state index in [1.54, 1.807) is 0 Å². The lowest BCUT2D eigenvalue weighted by atomic mass is 10.1. The first-order valence-corrected chi connectivity index (χ1v) is 10.2. The maximum Gasteiger partial charge on any atom is 0.270 e. The maximum absolute atomic E-state index is 12.8. The Labute approximate surface area is 156 Å². The molecule has 0 saturated heterocycles. The van der Waals surface area contributed by atoms with Gasteiger partial charge in [0.25, 0.3) is 5.56 Å². The molecule has 138 valence electrons. The van der Waals surface area contributed by atoms with Crippen molar-refractivity contribution in [3.8, 4) is 5.75 Å². The summed E-state index contributed by atoms with van der Waals surface area (Å²) < 4.78 is 7.41. The number of carbonyl (C=O) groups is 1. The van der Waals surface area contributed by atoms with Crippen LogP contribution in [0, 0.1) is 0 Å². The number of nitrogens with one attached hydrogen (secondary N) is 2. The smallest absolute Gasteiger partial charge is 0.270 e. The monoisotopic (exact) mass is 373 g/mol. The standard InChI is InChI=1S/C19H23N3O3S/c1-2-25-14-9-7-12(8-10-14)17-16-18(20-15(23)11-26-17)22(21-19(16)24)13-5-3-4-6-13/h7-10,13,17H,2-6,11H2,1H3,(H,20,23)(H,21,24). The molecule has 1 unspecified atom stereocenters. The molecular weight excluding hydrogens is 350 g/mol.